The van der Waals surface area contributed by atoms with Crippen molar-refractivity contribution in [1.82, 2.24) is 15.5 Å². The van der Waals surface area contributed by atoms with Gasteiger partial charge in [0, 0.05) is 17.8 Å². The number of carbonyl (C=O) groups excluding carboxylic acids is 1. The minimum Gasteiger partial charge on any atom is -0.324 e. The van der Waals surface area contributed by atoms with Gasteiger partial charge in [0.1, 0.15) is 0 Å². The van der Waals surface area contributed by atoms with Crippen LogP contribution in [0.2, 0.25) is 0 Å². The molecule has 3 rings (SSSR count). The predicted octanol–water partition coefficient (Wildman–Crippen LogP) is 2.42. The van der Waals surface area contributed by atoms with Crippen LogP contribution < -0.4 is 10.6 Å². The van der Waals surface area contributed by atoms with Crippen molar-refractivity contribution in [1.29, 1.82) is 0 Å². The Bertz CT molecular complexity index is 586. The van der Waals surface area contributed by atoms with Crippen LogP contribution >= 0.6 is 0 Å². The molecule has 1 aromatic heterocycles. The Balaban J connectivity index is 1.57. The summed E-state index contributed by atoms with van der Waals surface area (Å²) >= 11 is 0. The summed E-state index contributed by atoms with van der Waals surface area (Å²) in [7, 11) is 0. The smallest absolute Gasteiger partial charge is 0.224 e. The van der Waals surface area contributed by atoms with Crippen LogP contribution in [-0.2, 0) is 4.79 Å². The predicted molar refractivity (Wildman–Crippen MR) is 79.6 cm³/mol. The molecule has 0 bridgehead atoms. The van der Waals surface area contributed by atoms with Gasteiger partial charge in [-0.2, -0.15) is 5.10 Å². The van der Waals surface area contributed by atoms with Crippen molar-refractivity contribution < 1.29 is 4.79 Å². The Morgan fingerprint density at radius 2 is 2.35 bits per heavy atom. The fourth-order valence-corrected chi connectivity index (χ4v) is 2.76. The molecule has 3 N–H and O–H groups in total. The number of amides is 1. The molecule has 1 aliphatic rings. The lowest BCUT2D eigenvalue weighted by atomic mass is 10.0. The number of hydrogen-bond donors (Lipinski definition) is 3. The molecule has 1 amide bonds. The summed E-state index contributed by atoms with van der Waals surface area (Å²) in [5, 5.41) is 14.4. The van der Waals surface area contributed by atoms with Gasteiger partial charge < -0.3 is 10.6 Å². The number of para-hydroxylation sites is 1. The minimum atomic E-state index is 0.0690. The highest BCUT2D eigenvalue weighted by Crippen LogP contribution is 2.21. The van der Waals surface area contributed by atoms with Gasteiger partial charge >= 0.3 is 0 Å². The van der Waals surface area contributed by atoms with Crippen LogP contribution in [0.25, 0.3) is 10.9 Å². The summed E-state index contributed by atoms with van der Waals surface area (Å²) in [5.41, 5.74) is 1.69. The summed E-state index contributed by atoms with van der Waals surface area (Å²) in [6.07, 6.45) is 6.94. The second-order valence-electron chi connectivity index (χ2n) is 5.37. The lowest BCUT2D eigenvalue weighted by Crippen LogP contribution is -2.34. The third-order valence-electron chi connectivity index (χ3n) is 3.88. The van der Waals surface area contributed by atoms with E-state index in [-0.39, 0.29) is 5.91 Å². The second kappa shape index (κ2) is 6.05. The molecule has 1 saturated heterocycles. The Morgan fingerprint density at radius 1 is 1.40 bits per heavy atom. The van der Waals surface area contributed by atoms with Crippen molar-refractivity contribution >= 4 is 22.5 Å². The number of aromatic nitrogens is 2. The minimum absolute atomic E-state index is 0.0690. The third kappa shape index (κ3) is 2.99. The molecule has 5 heteroatoms. The summed E-state index contributed by atoms with van der Waals surface area (Å²) in [6.45, 7) is 1.08. The van der Waals surface area contributed by atoms with Gasteiger partial charge in [0.2, 0.25) is 5.91 Å². The number of rotatable bonds is 4. The molecule has 2 aromatic rings. The first-order valence-electron chi connectivity index (χ1n) is 7.28. The molecule has 0 saturated carbocycles. The van der Waals surface area contributed by atoms with Gasteiger partial charge in [-0.15, -0.1) is 0 Å². The summed E-state index contributed by atoms with van der Waals surface area (Å²) in [4.78, 5) is 12.0. The molecular formula is C15H20N4O. The molecule has 0 radical (unpaired) electrons. The largest absolute Gasteiger partial charge is 0.324 e. The maximum Gasteiger partial charge on any atom is 0.224 e. The molecule has 20 heavy (non-hydrogen) atoms. The molecular weight excluding hydrogens is 252 g/mol. The van der Waals surface area contributed by atoms with Crippen molar-refractivity contribution in [2.24, 2.45) is 0 Å². The topological polar surface area (TPSA) is 69.8 Å². The number of hydrogen-bond acceptors (Lipinski definition) is 3. The zero-order chi connectivity index (χ0) is 13.8. The number of fused-ring (bicyclic) bond motifs is 1. The maximum atomic E-state index is 12.0. The number of H-pyrrole nitrogens is 1. The molecule has 0 aliphatic carbocycles. The van der Waals surface area contributed by atoms with E-state index in [1.165, 1.54) is 19.3 Å². The van der Waals surface area contributed by atoms with E-state index in [2.05, 4.69) is 20.8 Å². The summed E-state index contributed by atoms with van der Waals surface area (Å²) in [5.74, 6) is 0.0690. The average Bonchev–Trinajstić information content (AvgIpc) is 2.96. The van der Waals surface area contributed by atoms with Crippen LogP contribution in [0.15, 0.2) is 24.4 Å². The Kier molecular flexibility index (Phi) is 3.97. The Labute approximate surface area is 118 Å². The van der Waals surface area contributed by atoms with E-state index < -0.39 is 0 Å². The van der Waals surface area contributed by atoms with Crippen LogP contribution in [0.1, 0.15) is 32.1 Å². The van der Waals surface area contributed by atoms with E-state index in [4.69, 9.17) is 0 Å². The highest BCUT2D eigenvalue weighted by molar-refractivity contribution is 6.00. The van der Waals surface area contributed by atoms with Crippen molar-refractivity contribution in [3.63, 3.8) is 0 Å². The zero-order valence-corrected chi connectivity index (χ0v) is 11.5. The number of nitrogens with one attached hydrogen (secondary N) is 3. The summed E-state index contributed by atoms with van der Waals surface area (Å²) in [6, 6.07) is 6.30. The number of anilines is 1. The van der Waals surface area contributed by atoms with E-state index in [1.54, 1.807) is 6.20 Å². The number of benzene rings is 1. The lowest BCUT2D eigenvalue weighted by Gasteiger charge is -2.23. The highest BCUT2D eigenvalue weighted by Gasteiger charge is 2.14. The van der Waals surface area contributed by atoms with Crippen molar-refractivity contribution in [2.45, 2.75) is 38.1 Å². The zero-order valence-electron chi connectivity index (χ0n) is 11.5. The number of carbonyl (C=O) groups is 1. The monoisotopic (exact) mass is 272 g/mol. The average molecular weight is 272 g/mol. The van der Waals surface area contributed by atoms with Gasteiger partial charge in [-0.3, -0.25) is 9.89 Å². The van der Waals surface area contributed by atoms with E-state index in [0.717, 1.165) is 29.6 Å². The van der Waals surface area contributed by atoms with Gasteiger partial charge in [0.25, 0.3) is 0 Å². The molecule has 1 aliphatic heterocycles. The quantitative estimate of drug-likeness (QED) is 0.800. The Morgan fingerprint density at radius 3 is 3.20 bits per heavy atom. The van der Waals surface area contributed by atoms with E-state index in [1.807, 2.05) is 18.2 Å². The summed E-state index contributed by atoms with van der Waals surface area (Å²) < 4.78 is 0. The standard InChI is InChI=1S/C15H20N4O/c20-14(8-7-12-5-1-2-9-16-12)18-13-6-3-4-11-10-17-19-15(11)13/h3-4,6,10,12,16H,1-2,5,7-9H2,(H,17,19)(H,18,20). The normalized spacial score (nSPS) is 19.1. The molecule has 1 fully saturated rings. The fraction of sp³-hybridized carbons (Fsp3) is 0.467. The molecule has 1 aromatic carbocycles. The van der Waals surface area contributed by atoms with Gasteiger partial charge in [0.05, 0.1) is 17.4 Å². The van der Waals surface area contributed by atoms with Crippen LogP contribution in [0.5, 0.6) is 0 Å². The SMILES string of the molecule is O=C(CCC1CCCCN1)Nc1cccc2cn[nH]c12. The first kappa shape index (κ1) is 13.1. The second-order valence-corrected chi connectivity index (χ2v) is 5.37. The lowest BCUT2D eigenvalue weighted by molar-refractivity contribution is -0.116. The fourth-order valence-electron chi connectivity index (χ4n) is 2.76. The molecule has 2 heterocycles. The number of piperidine rings is 1. The van der Waals surface area contributed by atoms with Crippen LogP contribution in [0.4, 0.5) is 5.69 Å². The Hall–Kier alpha value is -1.88. The van der Waals surface area contributed by atoms with Gasteiger partial charge in [0.15, 0.2) is 0 Å². The first-order chi connectivity index (χ1) is 9.83. The van der Waals surface area contributed by atoms with Gasteiger partial charge in [-0.05, 0) is 31.9 Å². The van der Waals surface area contributed by atoms with Crippen LogP contribution in [-0.4, -0.2) is 28.7 Å². The number of nitrogens with zero attached hydrogens (tertiary/aromatic N) is 1. The molecule has 5 nitrogen and oxygen atoms in total. The van der Waals surface area contributed by atoms with Crippen LogP contribution in [0.3, 0.4) is 0 Å². The molecule has 1 unspecified atom stereocenters. The van der Waals surface area contributed by atoms with Crippen molar-refractivity contribution in [2.75, 3.05) is 11.9 Å². The van der Waals surface area contributed by atoms with Gasteiger partial charge in [-0.1, -0.05) is 18.6 Å². The maximum absolute atomic E-state index is 12.0. The highest BCUT2D eigenvalue weighted by atomic mass is 16.1. The van der Waals surface area contributed by atoms with E-state index in [9.17, 15) is 4.79 Å². The molecule has 106 valence electrons. The van der Waals surface area contributed by atoms with Gasteiger partial charge in [-0.25, -0.2) is 0 Å². The van der Waals surface area contributed by atoms with Crippen molar-refractivity contribution in [3.05, 3.63) is 24.4 Å². The first-order valence-corrected chi connectivity index (χ1v) is 7.28. The van der Waals surface area contributed by atoms with Crippen molar-refractivity contribution in [3.8, 4) is 0 Å². The number of aromatic amines is 1. The van der Waals surface area contributed by atoms with E-state index in [0.29, 0.717) is 12.5 Å². The van der Waals surface area contributed by atoms with Crippen LogP contribution in [0, 0.1) is 0 Å². The molecule has 0 spiro atoms. The third-order valence-corrected chi connectivity index (χ3v) is 3.88. The molecule has 1 atom stereocenters. The van der Waals surface area contributed by atoms with E-state index >= 15 is 0 Å².